The van der Waals surface area contributed by atoms with Crippen LogP contribution in [-0.2, 0) is 11.3 Å². The Morgan fingerprint density at radius 2 is 2.33 bits per heavy atom. The van der Waals surface area contributed by atoms with Crippen LogP contribution in [0, 0.1) is 6.92 Å². The van der Waals surface area contributed by atoms with E-state index in [0.717, 1.165) is 0 Å². The first-order valence-electron chi connectivity index (χ1n) is 5.09. The van der Waals surface area contributed by atoms with E-state index >= 15 is 0 Å². The molecule has 15 heavy (non-hydrogen) atoms. The van der Waals surface area contributed by atoms with Crippen molar-refractivity contribution in [3.05, 3.63) is 21.9 Å². The Morgan fingerprint density at radius 1 is 1.67 bits per heavy atom. The predicted octanol–water partition coefficient (Wildman–Crippen LogP) is 1.75. The number of carbonyl (C=O) groups is 1. The summed E-state index contributed by atoms with van der Waals surface area (Å²) in [7, 11) is 1.80. The normalized spacial score (nSPS) is 12.5. The van der Waals surface area contributed by atoms with Crippen LogP contribution in [0.15, 0.2) is 11.4 Å². The molecule has 1 heterocycles. The van der Waals surface area contributed by atoms with Crippen LogP contribution < -0.4 is 5.73 Å². The van der Waals surface area contributed by atoms with Crippen molar-refractivity contribution in [2.75, 3.05) is 7.05 Å². The predicted molar refractivity (Wildman–Crippen MR) is 63.8 cm³/mol. The maximum Gasteiger partial charge on any atom is 0.239 e. The zero-order valence-corrected chi connectivity index (χ0v) is 10.3. The van der Waals surface area contributed by atoms with Crippen molar-refractivity contribution in [3.63, 3.8) is 0 Å². The highest BCUT2D eigenvalue weighted by atomic mass is 32.1. The highest BCUT2D eigenvalue weighted by Crippen LogP contribution is 2.17. The lowest BCUT2D eigenvalue weighted by molar-refractivity contribution is -0.131. The van der Waals surface area contributed by atoms with E-state index in [1.54, 1.807) is 23.3 Å². The van der Waals surface area contributed by atoms with Gasteiger partial charge in [-0.2, -0.15) is 0 Å². The van der Waals surface area contributed by atoms with Crippen molar-refractivity contribution < 1.29 is 4.79 Å². The molecule has 1 aromatic heterocycles. The molecule has 0 saturated carbocycles. The van der Waals surface area contributed by atoms with E-state index in [-0.39, 0.29) is 11.9 Å². The SMILES string of the molecule is CC[C@@H](N)C(=O)N(C)Cc1sccc1C. The average Bonchev–Trinajstić information content (AvgIpc) is 2.62. The van der Waals surface area contributed by atoms with Gasteiger partial charge >= 0.3 is 0 Å². The molecule has 0 fully saturated rings. The van der Waals surface area contributed by atoms with Gasteiger partial charge in [0.15, 0.2) is 0 Å². The van der Waals surface area contributed by atoms with Crippen molar-refractivity contribution in [3.8, 4) is 0 Å². The van der Waals surface area contributed by atoms with Gasteiger partial charge in [-0.3, -0.25) is 4.79 Å². The number of amides is 1. The zero-order valence-electron chi connectivity index (χ0n) is 9.49. The van der Waals surface area contributed by atoms with Gasteiger partial charge in [0, 0.05) is 11.9 Å². The summed E-state index contributed by atoms with van der Waals surface area (Å²) in [6.07, 6.45) is 0.687. The molecule has 0 aromatic carbocycles. The van der Waals surface area contributed by atoms with Crippen molar-refractivity contribution in [1.82, 2.24) is 4.90 Å². The van der Waals surface area contributed by atoms with Gasteiger partial charge in [0.25, 0.3) is 0 Å². The quantitative estimate of drug-likeness (QED) is 0.850. The van der Waals surface area contributed by atoms with Crippen LogP contribution in [0.5, 0.6) is 0 Å². The Balaban J connectivity index is 2.60. The summed E-state index contributed by atoms with van der Waals surface area (Å²) in [5, 5.41) is 2.04. The van der Waals surface area contributed by atoms with Gasteiger partial charge in [-0.1, -0.05) is 6.92 Å². The minimum absolute atomic E-state index is 0.0188. The van der Waals surface area contributed by atoms with Crippen molar-refractivity contribution >= 4 is 17.2 Å². The van der Waals surface area contributed by atoms with Gasteiger partial charge in [-0.05, 0) is 30.4 Å². The summed E-state index contributed by atoms with van der Waals surface area (Å²) in [6.45, 7) is 4.65. The molecule has 84 valence electrons. The monoisotopic (exact) mass is 226 g/mol. The fourth-order valence-corrected chi connectivity index (χ4v) is 2.28. The summed E-state index contributed by atoms with van der Waals surface area (Å²) in [5.41, 5.74) is 6.94. The number of nitrogens with two attached hydrogens (primary N) is 1. The van der Waals surface area contributed by atoms with Gasteiger partial charge in [0.1, 0.15) is 0 Å². The Bertz CT molecular complexity index is 335. The Morgan fingerprint density at radius 3 is 2.80 bits per heavy atom. The summed E-state index contributed by atoms with van der Waals surface area (Å²) in [6, 6.07) is 1.70. The molecule has 1 aromatic rings. The molecule has 1 amide bonds. The number of aryl methyl sites for hydroxylation is 1. The summed E-state index contributed by atoms with van der Waals surface area (Å²) in [4.78, 5) is 14.6. The second-order valence-electron chi connectivity index (χ2n) is 3.74. The van der Waals surface area contributed by atoms with E-state index in [2.05, 4.69) is 13.0 Å². The van der Waals surface area contributed by atoms with Gasteiger partial charge in [0.05, 0.1) is 12.6 Å². The number of nitrogens with zero attached hydrogens (tertiary/aromatic N) is 1. The van der Waals surface area contributed by atoms with Crippen molar-refractivity contribution in [1.29, 1.82) is 0 Å². The van der Waals surface area contributed by atoms with E-state index in [9.17, 15) is 4.79 Å². The van der Waals surface area contributed by atoms with Crippen LogP contribution in [0.25, 0.3) is 0 Å². The minimum Gasteiger partial charge on any atom is -0.339 e. The van der Waals surface area contributed by atoms with Gasteiger partial charge < -0.3 is 10.6 Å². The third kappa shape index (κ3) is 3.04. The van der Waals surface area contributed by atoms with E-state index in [1.165, 1.54) is 10.4 Å². The van der Waals surface area contributed by atoms with Gasteiger partial charge in [0.2, 0.25) is 5.91 Å². The number of carbonyl (C=O) groups excluding carboxylic acids is 1. The smallest absolute Gasteiger partial charge is 0.239 e. The largest absolute Gasteiger partial charge is 0.339 e. The van der Waals surface area contributed by atoms with E-state index in [1.807, 2.05) is 12.3 Å². The molecule has 2 N–H and O–H groups in total. The Kier molecular flexibility index (Phi) is 4.29. The molecule has 4 heteroatoms. The second-order valence-corrected chi connectivity index (χ2v) is 4.74. The van der Waals surface area contributed by atoms with Crippen LogP contribution in [-0.4, -0.2) is 23.9 Å². The molecule has 0 aliphatic rings. The van der Waals surface area contributed by atoms with Crippen molar-refractivity contribution in [2.45, 2.75) is 32.9 Å². The van der Waals surface area contributed by atoms with Crippen LogP contribution in [0.2, 0.25) is 0 Å². The van der Waals surface area contributed by atoms with Crippen LogP contribution in [0.4, 0.5) is 0 Å². The molecule has 0 saturated heterocycles. The van der Waals surface area contributed by atoms with Crippen LogP contribution in [0.1, 0.15) is 23.8 Å². The molecule has 0 aliphatic heterocycles. The van der Waals surface area contributed by atoms with Crippen LogP contribution in [0.3, 0.4) is 0 Å². The highest BCUT2D eigenvalue weighted by molar-refractivity contribution is 7.10. The molecule has 0 bridgehead atoms. The fourth-order valence-electron chi connectivity index (χ4n) is 1.32. The zero-order chi connectivity index (χ0) is 11.4. The van der Waals surface area contributed by atoms with Crippen LogP contribution >= 0.6 is 11.3 Å². The lowest BCUT2D eigenvalue weighted by Crippen LogP contribution is -2.40. The van der Waals surface area contributed by atoms with Gasteiger partial charge in [-0.25, -0.2) is 0 Å². The number of thiophene rings is 1. The number of hydrogen-bond donors (Lipinski definition) is 1. The standard InChI is InChI=1S/C11H18N2OS/c1-4-9(12)11(14)13(3)7-10-8(2)5-6-15-10/h5-6,9H,4,7,12H2,1-3H3/t9-/m1/s1. The molecular weight excluding hydrogens is 208 g/mol. The Labute approximate surface area is 94.9 Å². The first kappa shape index (κ1) is 12.2. The number of likely N-dealkylation sites (N-methyl/N-ethyl adjacent to an activating group) is 1. The second kappa shape index (κ2) is 5.28. The minimum atomic E-state index is -0.365. The molecule has 3 nitrogen and oxygen atoms in total. The summed E-state index contributed by atoms with van der Waals surface area (Å²) >= 11 is 1.68. The number of hydrogen-bond acceptors (Lipinski definition) is 3. The maximum absolute atomic E-state index is 11.7. The molecule has 0 unspecified atom stereocenters. The molecule has 1 rings (SSSR count). The molecule has 0 aliphatic carbocycles. The lowest BCUT2D eigenvalue weighted by Gasteiger charge is -2.20. The van der Waals surface area contributed by atoms with E-state index in [4.69, 9.17) is 5.73 Å². The first-order chi connectivity index (χ1) is 7.06. The van der Waals surface area contributed by atoms with E-state index in [0.29, 0.717) is 13.0 Å². The fraction of sp³-hybridized carbons (Fsp3) is 0.545. The molecule has 0 spiro atoms. The lowest BCUT2D eigenvalue weighted by atomic mass is 10.2. The topological polar surface area (TPSA) is 46.3 Å². The first-order valence-corrected chi connectivity index (χ1v) is 5.97. The third-order valence-corrected chi connectivity index (χ3v) is 3.49. The average molecular weight is 226 g/mol. The summed E-state index contributed by atoms with van der Waals surface area (Å²) < 4.78 is 0. The third-order valence-electron chi connectivity index (χ3n) is 2.48. The maximum atomic E-state index is 11.7. The Hall–Kier alpha value is -0.870. The van der Waals surface area contributed by atoms with E-state index < -0.39 is 0 Å². The van der Waals surface area contributed by atoms with Gasteiger partial charge in [-0.15, -0.1) is 11.3 Å². The molecule has 1 atom stereocenters. The highest BCUT2D eigenvalue weighted by Gasteiger charge is 2.16. The number of rotatable bonds is 4. The summed E-state index contributed by atoms with van der Waals surface area (Å²) in [5.74, 6) is 0.0188. The molecule has 0 radical (unpaired) electrons. The molecular formula is C11H18N2OS. The van der Waals surface area contributed by atoms with Crippen molar-refractivity contribution in [2.24, 2.45) is 5.73 Å².